The van der Waals surface area contributed by atoms with Crippen LogP contribution in [0.2, 0.25) is 0 Å². The van der Waals surface area contributed by atoms with Gasteiger partial charge in [0, 0.05) is 32.4 Å². The van der Waals surface area contributed by atoms with Crippen LogP contribution in [0.1, 0.15) is 41.3 Å². The first-order chi connectivity index (χ1) is 16.7. The maximum absolute atomic E-state index is 13.1. The minimum Gasteiger partial charge on any atom is -0.451 e. The Morgan fingerprint density at radius 2 is 2.09 bits per heavy atom. The number of aldehydes is 1. The molecule has 2 aliphatic rings. The van der Waals surface area contributed by atoms with Crippen LogP contribution < -0.4 is 15.5 Å². The summed E-state index contributed by atoms with van der Waals surface area (Å²) < 4.78 is 11.6. The number of aromatic amines is 1. The van der Waals surface area contributed by atoms with Crippen molar-refractivity contribution in [1.29, 1.82) is 0 Å². The lowest BCUT2D eigenvalue weighted by atomic mass is 9.92. The standard InChI is InChI=1S/C25H29N5O4/c31-16-19(24-15-26-8-11-33-24)17-4-5-21(30-9-2-1-3-10-30)20(12-17)29-25(32)23-7-6-22(34-23)18-13-27-28-14-18/h4-7,12-14,16,19,24,26H,1-3,8-11,15H2,(H,27,28)(H,29,32). The summed E-state index contributed by atoms with van der Waals surface area (Å²) in [4.78, 5) is 27.5. The second kappa shape index (κ2) is 10.2. The van der Waals surface area contributed by atoms with Crippen molar-refractivity contribution in [3.8, 4) is 11.3 Å². The van der Waals surface area contributed by atoms with Gasteiger partial charge in [-0.05, 0) is 49.1 Å². The first-order valence-electron chi connectivity index (χ1n) is 11.8. The zero-order valence-corrected chi connectivity index (χ0v) is 19.0. The minimum absolute atomic E-state index is 0.206. The number of H-pyrrole nitrogens is 1. The van der Waals surface area contributed by atoms with Crippen LogP contribution in [0, 0.1) is 0 Å². The summed E-state index contributed by atoms with van der Waals surface area (Å²) in [7, 11) is 0. The number of amides is 1. The largest absolute Gasteiger partial charge is 0.451 e. The van der Waals surface area contributed by atoms with Crippen LogP contribution in [0.4, 0.5) is 11.4 Å². The Hall–Kier alpha value is -3.43. The molecule has 1 amide bonds. The molecule has 2 unspecified atom stereocenters. The molecule has 4 heterocycles. The van der Waals surface area contributed by atoms with Crippen molar-refractivity contribution >= 4 is 23.6 Å². The van der Waals surface area contributed by atoms with Gasteiger partial charge in [-0.15, -0.1) is 0 Å². The first-order valence-corrected chi connectivity index (χ1v) is 11.8. The van der Waals surface area contributed by atoms with Crippen LogP contribution in [-0.4, -0.2) is 61.3 Å². The van der Waals surface area contributed by atoms with Gasteiger partial charge in [0.15, 0.2) is 5.76 Å². The third kappa shape index (κ3) is 4.76. The second-order valence-electron chi connectivity index (χ2n) is 8.70. The summed E-state index contributed by atoms with van der Waals surface area (Å²) >= 11 is 0. The van der Waals surface area contributed by atoms with Gasteiger partial charge in [-0.25, -0.2) is 0 Å². The van der Waals surface area contributed by atoms with Crippen molar-refractivity contribution in [2.45, 2.75) is 31.3 Å². The number of carbonyl (C=O) groups excluding carboxylic acids is 2. The Morgan fingerprint density at radius 1 is 1.21 bits per heavy atom. The Bertz CT molecular complexity index is 1110. The van der Waals surface area contributed by atoms with E-state index in [9.17, 15) is 9.59 Å². The number of morpholine rings is 1. The Kier molecular flexibility index (Phi) is 6.73. The van der Waals surface area contributed by atoms with E-state index in [4.69, 9.17) is 9.15 Å². The molecule has 0 aliphatic carbocycles. The summed E-state index contributed by atoms with van der Waals surface area (Å²) in [6.45, 7) is 3.83. The third-order valence-electron chi connectivity index (χ3n) is 6.47. The molecular weight excluding hydrogens is 434 g/mol. The maximum atomic E-state index is 13.1. The molecule has 9 nitrogen and oxygen atoms in total. The number of aromatic nitrogens is 2. The number of benzene rings is 1. The molecule has 5 rings (SSSR count). The van der Waals surface area contributed by atoms with Gasteiger partial charge in [0.25, 0.3) is 5.91 Å². The number of carbonyl (C=O) groups is 2. The molecule has 0 saturated carbocycles. The highest BCUT2D eigenvalue weighted by atomic mass is 16.5. The van der Waals surface area contributed by atoms with E-state index in [1.54, 1.807) is 24.5 Å². The number of hydrogen-bond acceptors (Lipinski definition) is 7. The third-order valence-corrected chi connectivity index (χ3v) is 6.47. The number of nitrogens with zero attached hydrogens (tertiary/aromatic N) is 2. The highest BCUT2D eigenvalue weighted by Crippen LogP contribution is 2.34. The van der Waals surface area contributed by atoms with Crippen molar-refractivity contribution < 1.29 is 18.7 Å². The SMILES string of the molecule is O=CC(c1ccc(N2CCCCC2)c(NC(=O)c2ccc(-c3cn[nH]c3)o2)c1)C1CNCCO1. The van der Waals surface area contributed by atoms with Crippen molar-refractivity contribution in [2.24, 2.45) is 0 Å². The summed E-state index contributed by atoms with van der Waals surface area (Å²) in [5.74, 6) is 0.00312. The van der Waals surface area contributed by atoms with Crippen LogP contribution in [0.25, 0.3) is 11.3 Å². The molecule has 2 atom stereocenters. The topological polar surface area (TPSA) is 112 Å². The van der Waals surface area contributed by atoms with Crippen LogP contribution in [0.5, 0.6) is 0 Å². The summed E-state index contributed by atoms with van der Waals surface area (Å²) in [5, 5.41) is 13.0. The number of rotatable bonds is 7. The molecule has 0 spiro atoms. The van der Waals surface area contributed by atoms with E-state index < -0.39 is 5.92 Å². The van der Waals surface area contributed by atoms with Crippen molar-refractivity contribution in [3.05, 3.63) is 54.0 Å². The molecule has 2 aromatic heterocycles. The van der Waals surface area contributed by atoms with Gasteiger partial charge >= 0.3 is 0 Å². The van der Waals surface area contributed by atoms with Gasteiger partial charge in [-0.2, -0.15) is 5.10 Å². The molecule has 178 valence electrons. The molecular formula is C25H29N5O4. The predicted molar refractivity (Wildman–Crippen MR) is 128 cm³/mol. The Balaban J connectivity index is 1.43. The molecule has 1 aromatic carbocycles. The van der Waals surface area contributed by atoms with Gasteiger partial charge in [-0.1, -0.05) is 6.07 Å². The average molecular weight is 464 g/mol. The van der Waals surface area contributed by atoms with E-state index in [0.29, 0.717) is 24.6 Å². The van der Waals surface area contributed by atoms with Gasteiger partial charge in [0.2, 0.25) is 0 Å². The van der Waals surface area contributed by atoms with Gasteiger partial charge in [0.1, 0.15) is 12.0 Å². The van der Waals surface area contributed by atoms with Gasteiger partial charge < -0.3 is 29.5 Å². The first kappa shape index (κ1) is 22.4. The van der Waals surface area contributed by atoms with Crippen LogP contribution in [0.15, 0.2) is 47.1 Å². The highest BCUT2D eigenvalue weighted by molar-refractivity contribution is 6.04. The number of piperidine rings is 1. The van der Waals surface area contributed by atoms with E-state index in [0.717, 1.165) is 55.6 Å². The summed E-state index contributed by atoms with van der Waals surface area (Å²) in [5.41, 5.74) is 3.20. The number of nitrogens with one attached hydrogen (secondary N) is 3. The van der Waals surface area contributed by atoms with Gasteiger partial charge in [-0.3, -0.25) is 9.89 Å². The van der Waals surface area contributed by atoms with E-state index in [1.165, 1.54) is 6.42 Å². The Labute approximate surface area is 197 Å². The zero-order chi connectivity index (χ0) is 23.3. The maximum Gasteiger partial charge on any atom is 0.291 e. The van der Waals surface area contributed by atoms with Crippen LogP contribution in [-0.2, 0) is 9.53 Å². The number of furan rings is 1. The molecule has 2 aliphatic heterocycles. The lowest BCUT2D eigenvalue weighted by molar-refractivity contribution is -0.113. The van der Waals surface area contributed by atoms with E-state index in [2.05, 4.69) is 25.7 Å². The molecule has 34 heavy (non-hydrogen) atoms. The fourth-order valence-electron chi connectivity index (χ4n) is 4.65. The van der Waals surface area contributed by atoms with Crippen molar-refractivity contribution in [2.75, 3.05) is 43.0 Å². The predicted octanol–water partition coefficient (Wildman–Crippen LogP) is 3.18. The highest BCUT2D eigenvalue weighted by Gasteiger charge is 2.27. The number of ether oxygens (including phenoxy) is 1. The monoisotopic (exact) mass is 463 g/mol. The fraction of sp³-hybridized carbons (Fsp3) is 0.400. The van der Waals surface area contributed by atoms with Crippen molar-refractivity contribution in [3.63, 3.8) is 0 Å². The summed E-state index contributed by atoms with van der Waals surface area (Å²) in [6, 6.07) is 9.27. The normalized spacial score (nSPS) is 19.5. The van der Waals surface area contributed by atoms with E-state index in [1.807, 2.05) is 18.2 Å². The molecule has 2 fully saturated rings. The van der Waals surface area contributed by atoms with Crippen LogP contribution >= 0.6 is 0 Å². The zero-order valence-electron chi connectivity index (χ0n) is 19.0. The van der Waals surface area contributed by atoms with E-state index in [-0.39, 0.29) is 17.8 Å². The molecule has 0 radical (unpaired) electrons. The molecule has 0 bridgehead atoms. The van der Waals surface area contributed by atoms with Crippen molar-refractivity contribution in [1.82, 2.24) is 15.5 Å². The summed E-state index contributed by atoms with van der Waals surface area (Å²) in [6.07, 6.45) is 7.47. The molecule has 9 heteroatoms. The van der Waals surface area contributed by atoms with E-state index >= 15 is 0 Å². The number of anilines is 2. The van der Waals surface area contributed by atoms with Crippen LogP contribution in [0.3, 0.4) is 0 Å². The fourth-order valence-corrected chi connectivity index (χ4v) is 4.65. The van der Waals surface area contributed by atoms with Gasteiger partial charge in [0.05, 0.1) is 41.8 Å². The number of hydrogen-bond donors (Lipinski definition) is 3. The molecule has 3 N–H and O–H groups in total. The quantitative estimate of drug-likeness (QED) is 0.461. The molecule has 3 aromatic rings. The average Bonchev–Trinajstić information content (AvgIpc) is 3.58. The second-order valence-corrected chi connectivity index (χ2v) is 8.70. The Morgan fingerprint density at radius 3 is 2.82 bits per heavy atom. The minimum atomic E-state index is -0.421. The lowest BCUT2D eigenvalue weighted by Gasteiger charge is -2.32. The molecule has 2 saturated heterocycles. The lowest BCUT2D eigenvalue weighted by Crippen LogP contribution is -2.42. The smallest absolute Gasteiger partial charge is 0.291 e.